The molecule has 0 amide bonds. The molecule has 4 heteroatoms. The zero-order valence-electron chi connectivity index (χ0n) is 28.8. The number of aromatic nitrogens is 1. The Morgan fingerprint density at radius 2 is 0.936 bits per heavy atom. The van der Waals surface area contributed by atoms with Crippen LogP contribution in [0.1, 0.15) is 90.5 Å². The van der Waals surface area contributed by atoms with Crippen LogP contribution in [0.15, 0.2) is 85.1 Å². The van der Waals surface area contributed by atoms with Gasteiger partial charge in [0.1, 0.15) is 17.2 Å². The van der Waals surface area contributed by atoms with Crippen molar-refractivity contribution in [2.75, 3.05) is 0 Å². The third kappa shape index (κ3) is 4.16. The molecule has 0 saturated heterocycles. The molecule has 0 saturated carbocycles. The van der Waals surface area contributed by atoms with Crippen LogP contribution >= 0.6 is 0 Å². The second-order valence-electron chi connectivity index (χ2n) is 17.1. The van der Waals surface area contributed by atoms with E-state index in [1.165, 1.54) is 38.9 Å². The van der Waals surface area contributed by atoms with Crippen molar-refractivity contribution in [1.29, 1.82) is 0 Å². The second kappa shape index (κ2) is 9.19. The fourth-order valence-electron chi connectivity index (χ4n) is 9.99. The van der Waals surface area contributed by atoms with Crippen molar-refractivity contribution in [2.24, 2.45) is 0 Å². The summed E-state index contributed by atoms with van der Waals surface area (Å²) >= 11 is 0. The Bertz CT molecular complexity index is 2020. The van der Waals surface area contributed by atoms with E-state index in [4.69, 9.17) is 14.5 Å². The van der Waals surface area contributed by atoms with Gasteiger partial charge in [0.15, 0.2) is 0 Å². The average molecular weight is 616 g/mol. The van der Waals surface area contributed by atoms with Crippen LogP contribution in [-0.2, 0) is 21.7 Å². The molecule has 3 heterocycles. The standard InChI is InChI=1S/C43H42BNO2/c1-40(2)23-42(5,6)31-19-25(9-13-29(31)40)27-11-15-33-36(21-27)46-35-17-18-45-39-38(35)44(33)34-16-12-28(22-37(34)47-39)26-10-14-30-32(20-26)43(7,8)24-41(30,3)4/h9-22H,23-24H2,1-8H3. The molecule has 5 aromatic rings. The Hall–Kier alpha value is -4.31. The second-order valence-corrected chi connectivity index (χ2v) is 17.1. The SMILES string of the molecule is CC1(C)CC(C)(C)c2cc(-c3ccc4c(c3)Oc3ccnc5c3B4c3ccc(-c4ccc6c(c4)C(C)(C)CC6(C)C)cc3O5)ccc21. The number of pyridine rings is 1. The van der Waals surface area contributed by atoms with Crippen molar-refractivity contribution in [3.63, 3.8) is 0 Å². The molecule has 0 fully saturated rings. The maximum atomic E-state index is 6.62. The average Bonchev–Trinajstić information content (AvgIpc) is 3.34. The number of nitrogens with zero attached hydrogens (tertiary/aromatic N) is 1. The molecule has 0 unspecified atom stereocenters. The van der Waals surface area contributed by atoms with Crippen LogP contribution in [0.25, 0.3) is 22.3 Å². The summed E-state index contributed by atoms with van der Waals surface area (Å²) in [6.45, 7) is 19.0. The van der Waals surface area contributed by atoms with Gasteiger partial charge in [0, 0.05) is 11.7 Å². The van der Waals surface area contributed by atoms with Gasteiger partial charge in [-0.1, -0.05) is 116 Å². The lowest BCUT2D eigenvalue weighted by Gasteiger charge is -2.32. The maximum Gasteiger partial charge on any atom is 0.262 e. The molecule has 234 valence electrons. The van der Waals surface area contributed by atoms with Gasteiger partial charge >= 0.3 is 0 Å². The molecule has 4 aromatic carbocycles. The van der Waals surface area contributed by atoms with E-state index in [-0.39, 0.29) is 28.4 Å². The summed E-state index contributed by atoms with van der Waals surface area (Å²) in [5.41, 5.74) is 14.7. The number of benzene rings is 4. The van der Waals surface area contributed by atoms with Crippen molar-refractivity contribution >= 4 is 23.1 Å². The Kier molecular flexibility index (Phi) is 5.65. The third-order valence-corrected chi connectivity index (χ3v) is 11.7. The van der Waals surface area contributed by atoms with Crippen LogP contribution in [0.4, 0.5) is 0 Å². The zero-order chi connectivity index (χ0) is 32.7. The quantitative estimate of drug-likeness (QED) is 0.182. The van der Waals surface area contributed by atoms with Crippen molar-refractivity contribution in [2.45, 2.75) is 89.9 Å². The van der Waals surface area contributed by atoms with Gasteiger partial charge in [0.25, 0.3) is 6.71 Å². The lowest BCUT2D eigenvalue weighted by molar-refractivity contribution is 0.402. The Labute approximate surface area is 279 Å². The molecule has 0 atom stereocenters. The van der Waals surface area contributed by atoms with Gasteiger partial charge < -0.3 is 9.47 Å². The van der Waals surface area contributed by atoms with E-state index in [0.29, 0.717) is 5.88 Å². The number of fused-ring (bicyclic) bond motifs is 6. The van der Waals surface area contributed by atoms with Crippen LogP contribution in [0.2, 0.25) is 0 Å². The van der Waals surface area contributed by atoms with Crippen LogP contribution in [0.5, 0.6) is 23.1 Å². The first-order chi connectivity index (χ1) is 22.2. The fourth-order valence-corrected chi connectivity index (χ4v) is 9.99. The van der Waals surface area contributed by atoms with E-state index in [2.05, 4.69) is 128 Å². The number of ether oxygens (including phenoxy) is 2. The summed E-state index contributed by atoms with van der Waals surface area (Å²) in [5.74, 6) is 3.22. The van der Waals surface area contributed by atoms with E-state index >= 15 is 0 Å². The molecule has 4 aliphatic rings. The van der Waals surface area contributed by atoms with E-state index in [1.54, 1.807) is 6.20 Å². The lowest BCUT2D eigenvalue weighted by Crippen LogP contribution is -2.57. The van der Waals surface area contributed by atoms with Gasteiger partial charge in [-0.2, -0.15) is 0 Å². The molecule has 0 spiro atoms. The summed E-state index contributed by atoms with van der Waals surface area (Å²) in [6.07, 6.45) is 4.11. The lowest BCUT2D eigenvalue weighted by atomic mass is 9.35. The number of hydrogen-bond donors (Lipinski definition) is 0. The third-order valence-electron chi connectivity index (χ3n) is 11.7. The first-order valence-corrected chi connectivity index (χ1v) is 17.2. The summed E-state index contributed by atoms with van der Waals surface area (Å²) in [5, 5.41) is 0. The molecule has 3 nitrogen and oxygen atoms in total. The van der Waals surface area contributed by atoms with Crippen molar-refractivity contribution in [3.05, 3.63) is 107 Å². The van der Waals surface area contributed by atoms with Gasteiger partial charge in [0.2, 0.25) is 5.88 Å². The molecule has 1 aromatic heterocycles. The molecule has 0 radical (unpaired) electrons. The van der Waals surface area contributed by atoms with Gasteiger partial charge in [-0.15, -0.1) is 0 Å². The maximum absolute atomic E-state index is 6.62. The Morgan fingerprint density at radius 3 is 1.47 bits per heavy atom. The highest BCUT2D eigenvalue weighted by Gasteiger charge is 2.44. The Morgan fingerprint density at radius 1 is 0.489 bits per heavy atom. The summed E-state index contributed by atoms with van der Waals surface area (Å²) in [6, 6.07) is 29.5. The summed E-state index contributed by atoms with van der Waals surface area (Å²) < 4.78 is 13.2. The summed E-state index contributed by atoms with van der Waals surface area (Å²) in [4.78, 5) is 4.69. The molecular weight excluding hydrogens is 573 g/mol. The monoisotopic (exact) mass is 615 g/mol. The molecular formula is C43H42BNO2. The molecule has 2 aliphatic heterocycles. The Balaban J connectivity index is 1.13. The van der Waals surface area contributed by atoms with Gasteiger partial charge in [-0.3, -0.25) is 0 Å². The van der Waals surface area contributed by atoms with Crippen molar-refractivity contribution in [1.82, 2.24) is 4.98 Å². The largest absolute Gasteiger partial charge is 0.458 e. The smallest absolute Gasteiger partial charge is 0.262 e. The minimum absolute atomic E-state index is 0.0104. The molecule has 9 rings (SSSR count). The van der Waals surface area contributed by atoms with E-state index in [1.807, 2.05) is 6.07 Å². The van der Waals surface area contributed by atoms with E-state index in [0.717, 1.165) is 52.0 Å². The number of hydrogen-bond acceptors (Lipinski definition) is 3. The van der Waals surface area contributed by atoms with Crippen LogP contribution < -0.4 is 25.9 Å². The topological polar surface area (TPSA) is 31.4 Å². The van der Waals surface area contributed by atoms with Gasteiger partial charge in [-0.05, 0) is 108 Å². The number of rotatable bonds is 2. The molecule has 2 aliphatic carbocycles. The van der Waals surface area contributed by atoms with E-state index < -0.39 is 0 Å². The molecule has 0 bridgehead atoms. The fraction of sp³-hybridized carbons (Fsp3) is 0.326. The predicted octanol–water partition coefficient (Wildman–Crippen LogP) is 9.06. The zero-order valence-corrected chi connectivity index (χ0v) is 28.8. The normalized spacial score (nSPS) is 19.4. The minimum atomic E-state index is -0.0104. The predicted molar refractivity (Wildman–Crippen MR) is 194 cm³/mol. The molecule has 47 heavy (non-hydrogen) atoms. The van der Waals surface area contributed by atoms with Crippen LogP contribution in [-0.4, -0.2) is 11.7 Å². The highest BCUT2D eigenvalue weighted by molar-refractivity contribution is 6.98. The minimum Gasteiger partial charge on any atom is -0.458 e. The van der Waals surface area contributed by atoms with Gasteiger partial charge in [-0.25, -0.2) is 4.98 Å². The van der Waals surface area contributed by atoms with Crippen molar-refractivity contribution in [3.8, 4) is 45.4 Å². The van der Waals surface area contributed by atoms with Crippen LogP contribution in [0.3, 0.4) is 0 Å². The van der Waals surface area contributed by atoms with E-state index in [9.17, 15) is 0 Å². The highest BCUT2D eigenvalue weighted by Crippen LogP contribution is 2.51. The van der Waals surface area contributed by atoms with Crippen LogP contribution in [0, 0.1) is 0 Å². The first-order valence-electron chi connectivity index (χ1n) is 17.2. The van der Waals surface area contributed by atoms with Gasteiger partial charge in [0.05, 0.1) is 0 Å². The van der Waals surface area contributed by atoms with Crippen molar-refractivity contribution < 1.29 is 9.47 Å². The summed E-state index contributed by atoms with van der Waals surface area (Å²) in [7, 11) is 0. The highest BCUT2D eigenvalue weighted by atomic mass is 16.5. The molecule has 0 N–H and O–H groups in total. The first kappa shape index (κ1) is 28.9.